The number of nitrogens with zero attached hydrogens (tertiary/aromatic N) is 1. The molecule has 0 atom stereocenters. The van der Waals surface area contributed by atoms with E-state index in [2.05, 4.69) is 25.9 Å². The molecule has 0 saturated carbocycles. The highest BCUT2D eigenvalue weighted by atomic mass is 79.9. The number of hydrogen-bond donors (Lipinski definition) is 1. The van der Waals surface area contributed by atoms with E-state index in [4.69, 9.17) is 0 Å². The van der Waals surface area contributed by atoms with Crippen molar-refractivity contribution in [2.75, 3.05) is 0 Å². The van der Waals surface area contributed by atoms with Gasteiger partial charge in [-0.05, 0) is 15.9 Å². The number of aromatic amines is 1. The van der Waals surface area contributed by atoms with E-state index in [1.807, 2.05) is 0 Å². The highest BCUT2D eigenvalue weighted by molar-refractivity contribution is 9.10. The van der Waals surface area contributed by atoms with Gasteiger partial charge in [0.25, 0.3) is 5.56 Å². The van der Waals surface area contributed by atoms with Crippen molar-refractivity contribution >= 4 is 15.9 Å². The minimum Gasteiger partial charge on any atom is -0.313 e. The molecule has 42 valence electrons. The molecule has 1 rings (SSSR count). The zero-order valence-corrected chi connectivity index (χ0v) is 5.47. The van der Waals surface area contributed by atoms with E-state index >= 15 is 0 Å². The van der Waals surface area contributed by atoms with Crippen LogP contribution in [0, 0.1) is 0 Å². The lowest BCUT2D eigenvalue weighted by Gasteiger charge is -1.81. The Morgan fingerprint density at radius 3 is 2.88 bits per heavy atom. The zero-order valence-electron chi connectivity index (χ0n) is 3.89. The summed E-state index contributed by atoms with van der Waals surface area (Å²) in [5.74, 6) is 0. The van der Waals surface area contributed by atoms with Gasteiger partial charge in [-0.3, -0.25) is 4.79 Å². The summed E-state index contributed by atoms with van der Waals surface area (Å²) in [5.41, 5.74) is -0.146. The normalized spacial score (nSPS) is 9.12. The van der Waals surface area contributed by atoms with Crippen LogP contribution in [0.3, 0.4) is 0 Å². The van der Waals surface area contributed by atoms with Gasteiger partial charge in [0, 0.05) is 6.07 Å². The Morgan fingerprint density at radius 1 is 1.75 bits per heavy atom. The maximum absolute atomic E-state index is 10.4. The number of aromatic nitrogens is 2. The molecular formula is C4H3BrN2O. The molecule has 4 heteroatoms. The van der Waals surface area contributed by atoms with Crippen LogP contribution in [0.5, 0.6) is 0 Å². The molecule has 0 aliphatic heterocycles. The van der Waals surface area contributed by atoms with Gasteiger partial charge in [0.2, 0.25) is 0 Å². The number of hydrogen-bond acceptors (Lipinski definition) is 2. The van der Waals surface area contributed by atoms with Gasteiger partial charge in [-0.2, -0.15) is 0 Å². The van der Waals surface area contributed by atoms with E-state index in [0.717, 1.165) is 0 Å². The van der Waals surface area contributed by atoms with E-state index in [-0.39, 0.29) is 5.56 Å². The summed E-state index contributed by atoms with van der Waals surface area (Å²) in [6.45, 7) is 0. The molecule has 0 aromatic carbocycles. The Balaban J connectivity index is 3.28. The molecule has 0 aliphatic carbocycles. The topological polar surface area (TPSA) is 45.8 Å². The van der Waals surface area contributed by atoms with Gasteiger partial charge < -0.3 is 4.98 Å². The lowest BCUT2D eigenvalue weighted by Crippen LogP contribution is -2.02. The second-order valence-electron chi connectivity index (χ2n) is 1.23. The third-order valence-electron chi connectivity index (χ3n) is 0.645. The van der Waals surface area contributed by atoms with Crippen LogP contribution >= 0.6 is 15.9 Å². The lowest BCUT2D eigenvalue weighted by molar-refractivity contribution is 1.09. The Labute approximate surface area is 53.9 Å². The third kappa shape index (κ3) is 1.16. The van der Waals surface area contributed by atoms with E-state index < -0.39 is 0 Å². The van der Waals surface area contributed by atoms with Crippen molar-refractivity contribution in [3.63, 3.8) is 0 Å². The monoisotopic (exact) mass is 174 g/mol. The van der Waals surface area contributed by atoms with Crippen LogP contribution in [-0.2, 0) is 0 Å². The highest BCUT2D eigenvalue weighted by Crippen LogP contribution is 1.95. The Kier molecular flexibility index (Phi) is 1.43. The molecule has 0 amide bonds. The molecule has 1 heterocycles. The summed E-state index contributed by atoms with van der Waals surface area (Å²) in [4.78, 5) is 16.4. The summed E-state index contributed by atoms with van der Waals surface area (Å²) in [5, 5.41) is 0. The van der Waals surface area contributed by atoms with Crippen LogP contribution in [-0.4, -0.2) is 9.97 Å². The maximum Gasteiger partial charge on any atom is 0.251 e. The maximum atomic E-state index is 10.4. The smallest absolute Gasteiger partial charge is 0.251 e. The summed E-state index contributed by atoms with van der Waals surface area (Å²) in [7, 11) is 0. The molecule has 1 aromatic heterocycles. The molecule has 1 aromatic rings. The average Bonchev–Trinajstić information content (AvgIpc) is 1.64. The minimum atomic E-state index is -0.146. The first kappa shape index (κ1) is 5.50. The minimum absolute atomic E-state index is 0.146. The van der Waals surface area contributed by atoms with Crippen LogP contribution in [0.15, 0.2) is 21.8 Å². The third-order valence-corrected chi connectivity index (χ3v) is 1.08. The molecule has 0 unspecified atom stereocenters. The standard InChI is InChI=1S/C4H3BrN2O/c5-3-1-4(8)7-2-6-3/h1-2H,(H,6,7,8). The summed E-state index contributed by atoms with van der Waals surface area (Å²) in [6.07, 6.45) is 1.34. The summed E-state index contributed by atoms with van der Waals surface area (Å²) in [6, 6.07) is 1.36. The fourth-order valence-corrected chi connectivity index (χ4v) is 0.655. The molecule has 0 fully saturated rings. The quantitative estimate of drug-likeness (QED) is 0.584. The molecule has 1 N–H and O–H groups in total. The van der Waals surface area contributed by atoms with E-state index in [9.17, 15) is 4.79 Å². The van der Waals surface area contributed by atoms with Crippen LogP contribution in [0.25, 0.3) is 0 Å². The molecule has 3 nitrogen and oxygen atoms in total. The van der Waals surface area contributed by atoms with Crippen molar-refractivity contribution in [1.82, 2.24) is 9.97 Å². The zero-order chi connectivity index (χ0) is 5.98. The molecule has 0 aliphatic rings. The second-order valence-corrected chi connectivity index (χ2v) is 2.05. The van der Waals surface area contributed by atoms with Crippen molar-refractivity contribution < 1.29 is 0 Å². The van der Waals surface area contributed by atoms with Gasteiger partial charge in [0.05, 0.1) is 6.33 Å². The Hall–Kier alpha value is -0.640. The molecule has 8 heavy (non-hydrogen) atoms. The van der Waals surface area contributed by atoms with Crippen molar-refractivity contribution in [3.8, 4) is 0 Å². The van der Waals surface area contributed by atoms with Crippen molar-refractivity contribution in [2.24, 2.45) is 0 Å². The molecular weight excluding hydrogens is 172 g/mol. The Bertz CT molecular complexity index is 231. The van der Waals surface area contributed by atoms with Gasteiger partial charge in [0.1, 0.15) is 4.60 Å². The van der Waals surface area contributed by atoms with Gasteiger partial charge >= 0.3 is 0 Å². The fourth-order valence-electron chi connectivity index (χ4n) is 0.345. The number of H-pyrrole nitrogens is 1. The first-order valence-electron chi connectivity index (χ1n) is 1.99. The van der Waals surface area contributed by atoms with Gasteiger partial charge in [0.15, 0.2) is 0 Å². The first-order chi connectivity index (χ1) is 3.79. The molecule has 0 spiro atoms. The molecule has 0 bridgehead atoms. The van der Waals surface area contributed by atoms with Gasteiger partial charge in [-0.15, -0.1) is 0 Å². The van der Waals surface area contributed by atoms with Crippen LogP contribution < -0.4 is 5.56 Å². The Morgan fingerprint density at radius 2 is 2.50 bits per heavy atom. The first-order valence-corrected chi connectivity index (χ1v) is 2.78. The highest BCUT2D eigenvalue weighted by Gasteiger charge is 1.83. The fraction of sp³-hybridized carbons (Fsp3) is 0. The second kappa shape index (κ2) is 2.09. The van der Waals surface area contributed by atoms with Crippen molar-refractivity contribution in [3.05, 3.63) is 27.4 Å². The molecule has 0 radical (unpaired) electrons. The number of halogens is 1. The van der Waals surface area contributed by atoms with Gasteiger partial charge in [-0.1, -0.05) is 0 Å². The van der Waals surface area contributed by atoms with Crippen molar-refractivity contribution in [2.45, 2.75) is 0 Å². The SMILES string of the molecule is O=c1cc(Br)nc[nH]1. The largest absolute Gasteiger partial charge is 0.313 e. The van der Waals surface area contributed by atoms with E-state index in [1.165, 1.54) is 12.4 Å². The number of nitrogens with one attached hydrogen (secondary N) is 1. The number of rotatable bonds is 0. The van der Waals surface area contributed by atoms with E-state index in [1.54, 1.807) is 0 Å². The van der Waals surface area contributed by atoms with Crippen LogP contribution in [0.4, 0.5) is 0 Å². The summed E-state index contributed by atoms with van der Waals surface area (Å²) >= 11 is 3.03. The predicted molar refractivity (Wildman–Crippen MR) is 32.6 cm³/mol. The average molecular weight is 175 g/mol. The van der Waals surface area contributed by atoms with E-state index in [0.29, 0.717) is 4.60 Å². The molecule has 0 saturated heterocycles. The lowest BCUT2D eigenvalue weighted by atomic mass is 10.7. The summed E-state index contributed by atoms with van der Waals surface area (Å²) < 4.78 is 0.557. The van der Waals surface area contributed by atoms with Gasteiger partial charge in [-0.25, -0.2) is 4.98 Å². The van der Waals surface area contributed by atoms with Crippen LogP contribution in [0.1, 0.15) is 0 Å². The van der Waals surface area contributed by atoms with Crippen molar-refractivity contribution in [1.29, 1.82) is 0 Å². The van der Waals surface area contributed by atoms with Crippen LogP contribution in [0.2, 0.25) is 0 Å². The predicted octanol–water partition coefficient (Wildman–Crippen LogP) is 0.532.